The van der Waals surface area contributed by atoms with Gasteiger partial charge in [-0.2, -0.15) is 0 Å². The third kappa shape index (κ3) is 3.17. The first-order chi connectivity index (χ1) is 9.84. The highest BCUT2D eigenvalue weighted by molar-refractivity contribution is 5.55. The van der Waals surface area contributed by atoms with Crippen molar-refractivity contribution in [3.05, 3.63) is 29.8 Å². The number of fused-ring (bicyclic) bond motifs is 1. The summed E-state index contributed by atoms with van der Waals surface area (Å²) in [5.74, 6) is 0. The van der Waals surface area contributed by atoms with Crippen LogP contribution in [0.4, 0.5) is 5.69 Å². The van der Waals surface area contributed by atoms with Crippen molar-refractivity contribution in [2.45, 2.75) is 64.0 Å². The van der Waals surface area contributed by atoms with Gasteiger partial charge in [0.15, 0.2) is 0 Å². The number of rotatable bonds is 3. The second-order valence-electron chi connectivity index (χ2n) is 6.51. The second kappa shape index (κ2) is 6.62. The van der Waals surface area contributed by atoms with Gasteiger partial charge >= 0.3 is 0 Å². The lowest BCUT2D eigenvalue weighted by Crippen LogP contribution is -2.42. The maximum absolute atomic E-state index is 3.70. The summed E-state index contributed by atoms with van der Waals surface area (Å²) in [6.07, 6.45) is 9.33. The van der Waals surface area contributed by atoms with E-state index in [9.17, 15) is 0 Å². The maximum atomic E-state index is 3.70. The van der Waals surface area contributed by atoms with E-state index in [-0.39, 0.29) is 0 Å². The lowest BCUT2D eigenvalue weighted by molar-refractivity contribution is 0.359. The van der Waals surface area contributed by atoms with Crippen LogP contribution in [-0.2, 0) is 6.42 Å². The van der Waals surface area contributed by atoms with Gasteiger partial charge in [-0.1, -0.05) is 24.6 Å². The topological polar surface area (TPSA) is 15.3 Å². The number of hydrogen-bond donors (Lipinski definition) is 1. The summed E-state index contributed by atoms with van der Waals surface area (Å²) < 4.78 is 0. The molecule has 2 heterocycles. The van der Waals surface area contributed by atoms with Crippen molar-refractivity contribution in [2.24, 2.45) is 0 Å². The molecule has 1 aromatic rings. The molecule has 0 radical (unpaired) electrons. The summed E-state index contributed by atoms with van der Waals surface area (Å²) in [6, 6.07) is 10.4. The van der Waals surface area contributed by atoms with Crippen LogP contribution in [0.25, 0.3) is 0 Å². The second-order valence-corrected chi connectivity index (χ2v) is 6.51. The fourth-order valence-corrected chi connectivity index (χ4v) is 3.84. The molecule has 1 aromatic carbocycles. The first kappa shape index (κ1) is 13.9. The third-order valence-electron chi connectivity index (χ3n) is 4.97. The molecule has 3 rings (SSSR count). The average molecular weight is 272 g/mol. The fourth-order valence-electron chi connectivity index (χ4n) is 3.84. The van der Waals surface area contributed by atoms with Crippen LogP contribution < -0.4 is 10.2 Å². The molecule has 2 atom stereocenters. The Morgan fingerprint density at radius 2 is 2.10 bits per heavy atom. The van der Waals surface area contributed by atoms with E-state index in [0.717, 1.165) is 6.04 Å². The Bertz CT molecular complexity index is 423. The number of aryl methyl sites for hydroxylation is 1. The zero-order valence-corrected chi connectivity index (χ0v) is 12.8. The molecular formula is C18H28N2. The SMILES string of the molecule is CC(CC1CCCCN1)N1CCCCc2ccccc21. The van der Waals surface area contributed by atoms with Crippen molar-refractivity contribution >= 4 is 5.69 Å². The lowest BCUT2D eigenvalue weighted by Gasteiger charge is -2.35. The van der Waals surface area contributed by atoms with Crippen molar-refractivity contribution in [2.75, 3.05) is 18.0 Å². The summed E-state index contributed by atoms with van der Waals surface area (Å²) in [5, 5.41) is 3.70. The van der Waals surface area contributed by atoms with Gasteiger partial charge in [-0.25, -0.2) is 0 Å². The smallest absolute Gasteiger partial charge is 0.0401 e. The van der Waals surface area contributed by atoms with E-state index < -0.39 is 0 Å². The molecule has 20 heavy (non-hydrogen) atoms. The number of anilines is 1. The lowest BCUT2D eigenvalue weighted by atomic mass is 9.97. The van der Waals surface area contributed by atoms with Crippen LogP contribution in [-0.4, -0.2) is 25.2 Å². The molecule has 2 unspecified atom stereocenters. The predicted molar refractivity (Wildman–Crippen MR) is 86.4 cm³/mol. The van der Waals surface area contributed by atoms with Gasteiger partial charge in [0.1, 0.15) is 0 Å². The molecule has 0 aliphatic carbocycles. The van der Waals surface area contributed by atoms with Crippen LogP contribution in [0, 0.1) is 0 Å². The van der Waals surface area contributed by atoms with Crippen molar-refractivity contribution in [1.82, 2.24) is 5.32 Å². The minimum absolute atomic E-state index is 0.643. The standard InChI is InChI=1S/C18H28N2/c1-15(14-17-10-4-6-12-19-17)20-13-7-5-9-16-8-2-3-11-18(16)20/h2-3,8,11,15,17,19H,4-7,9-10,12-14H2,1H3. The van der Waals surface area contributed by atoms with Gasteiger partial charge in [-0.3, -0.25) is 0 Å². The predicted octanol–water partition coefficient (Wildman–Crippen LogP) is 3.75. The number of nitrogens with zero attached hydrogens (tertiary/aromatic N) is 1. The third-order valence-corrected chi connectivity index (χ3v) is 4.97. The largest absolute Gasteiger partial charge is 0.369 e. The van der Waals surface area contributed by atoms with Gasteiger partial charge in [0, 0.05) is 24.3 Å². The van der Waals surface area contributed by atoms with Crippen LogP contribution in [0.5, 0.6) is 0 Å². The molecular weight excluding hydrogens is 244 g/mol. The van der Waals surface area contributed by atoms with Gasteiger partial charge in [0.05, 0.1) is 0 Å². The first-order valence-electron chi connectivity index (χ1n) is 8.42. The van der Waals surface area contributed by atoms with Gasteiger partial charge in [-0.15, -0.1) is 0 Å². The van der Waals surface area contributed by atoms with Crippen molar-refractivity contribution < 1.29 is 0 Å². The van der Waals surface area contributed by atoms with Crippen LogP contribution in [0.1, 0.15) is 51.0 Å². The Labute approximate surface area is 123 Å². The molecule has 0 saturated carbocycles. The summed E-state index contributed by atoms with van der Waals surface area (Å²) in [7, 11) is 0. The van der Waals surface area contributed by atoms with Crippen LogP contribution in [0.3, 0.4) is 0 Å². The van der Waals surface area contributed by atoms with Crippen molar-refractivity contribution in [3.8, 4) is 0 Å². The van der Waals surface area contributed by atoms with Crippen molar-refractivity contribution in [1.29, 1.82) is 0 Å². The van der Waals surface area contributed by atoms with Gasteiger partial charge in [0.2, 0.25) is 0 Å². The fraction of sp³-hybridized carbons (Fsp3) is 0.667. The molecule has 0 spiro atoms. The first-order valence-corrected chi connectivity index (χ1v) is 8.42. The Balaban J connectivity index is 1.71. The summed E-state index contributed by atoms with van der Waals surface area (Å²) in [6.45, 7) is 4.86. The normalized spacial score (nSPS) is 24.9. The molecule has 2 aliphatic rings. The number of piperidine rings is 1. The highest BCUT2D eigenvalue weighted by atomic mass is 15.2. The van der Waals surface area contributed by atoms with Crippen molar-refractivity contribution in [3.63, 3.8) is 0 Å². The maximum Gasteiger partial charge on any atom is 0.0401 e. The van der Waals surface area contributed by atoms with E-state index in [1.165, 1.54) is 63.7 Å². The van der Waals surface area contributed by atoms with E-state index in [1.807, 2.05) is 0 Å². The van der Waals surface area contributed by atoms with E-state index in [2.05, 4.69) is 41.4 Å². The Hall–Kier alpha value is -1.02. The molecule has 1 N–H and O–H groups in total. The van der Waals surface area contributed by atoms with Crippen LogP contribution in [0.2, 0.25) is 0 Å². The number of benzene rings is 1. The highest BCUT2D eigenvalue weighted by Crippen LogP contribution is 2.29. The monoisotopic (exact) mass is 272 g/mol. The molecule has 0 aromatic heterocycles. The molecule has 1 saturated heterocycles. The Morgan fingerprint density at radius 1 is 1.20 bits per heavy atom. The van der Waals surface area contributed by atoms with E-state index >= 15 is 0 Å². The van der Waals surface area contributed by atoms with E-state index in [0.29, 0.717) is 6.04 Å². The molecule has 110 valence electrons. The molecule has 2 nitrogen and oxygen atoms in total. The summed E-state index contributed by atoms with van der Waals surface area (Å²) >= 11 is 0. The zero-order valence-electron chi connectivity index (χ0n) is 12.8. The zero-order chi connectivity index (χ0) is 13.8. The van der Waals surface area contributed by atoms with Gasteiger partial charge < -0.3 is 10.2 Å². The minimum Gasteiger partial charge on any atom is -0.369 e. The molecule has 2 heteroatoms. The summed E-state index contributed by atoms with van der Waals surface area (Å²) in [5.41, 5.74) is 3.04. The molecule has 1 fully saturated rings. The number of para-hydroxylation sites is 1. The van der Waals surface area contributed by atoms with Crippen LogP contribution in [0.15, 0.2) is 24.3 Å². The van der Waals surface area contributed by atoms with E-state index in [1.54, 1.807) is 5.56 Å². The highest BCUT2D eigenvalue weighted by Gasteiger charge is 2.23. The number of hydrogen-bond acceptors (Lipinski definition) is 2. The van der Waals surface area contributed by atoms with Gasteiger partial charge in [-0.05, 0) is 63.6 Å². The quantitative estimate of drug-likeness (QED) is 0.901. The Kier molecular flexibility index (Phi) is 4.62. The van der Waals surface area contributed by atoms with E-state index in [4.69, 9.17) is 0 Å². The Morgan fingerprint density at radius 3 is 2.95 bits per heavy atom. The summed E-state index contributed by atoms with van der Waals surface area (Å²) in [4.78, 5) is 2.67. The molecule has 2 aliphatic heterocycles. The average Bonchev–Trinajstić information content (AvgIpc) is 2.70. The molecule has 0 bridgehead atoms. The van der Waals surface area contributed by atoms with Crippen LogP contribution >= 0.6 is 0 Å². The molecule has 0 amide bonds. The number of nitrogens with one attached hydrogen (secondary N) is 1. The minimum atomic E-state index is 0.643. The van der Waals surface area contributed by atoms with Gasteiger partial charge in [0.25, 0.3) is 0 Å².